The van der Waals surface area contributed by atoms with Crippen LogP contribution in [0.4, 0.5) is 5.13 Å². The molecule has 1 amide bonds. The lowest BCUT2D eigenvalue weighted by molar-refractivity contribution is -0.112. The third-order valence-corrected chi connectivity index (χ3v) is 5.13. The van der Waals surface area contributed by atoms with E-state index in [4.69, 9.17) is 4.74 Å². The van der Waals surface area contributed by atoms with Crippen LogP contribution in [-0.2, 0) is 11.2 Å². The van der Waals surface area contributed by atoms with E-state index in [0.717, 1.165) is 11.3 Å². The van der Waals surface area contributed by atoms with Crippen molar-refractivity contribution in [1.29, 1.82) is 5.26 Å². The van der Waals surface area contributed by atoms with Crippen LogP contribution in [0.2, 0.25) is 0 Å². The summed E-state index contributed by atoms with van der Waals surface area (Å²) in [6.07, 6.45) is 5.63. The standard InChI is InChI=1S/C24H21N3O2S/c1-3-12-29-22-7-5-4-6-19(22)14-20(15-25)23(28)27-24-26-16-21(30-24)13-18-10-8-17(2)9-11-18/h3-11,14,16H,1,12-13H2,2H3,(H,26,27,28). The number of carbonyl (C=O) groups excluding carboxylic acids is 1. The van der Waals surface area contributed by atoms with Gasteiger partial charge in [-0.05, 0) is 24.6 Å². The van der Waals surface area contributed by atoms with Crippen molar-refractivity contribution in [3.63, 3.8) is 0 Å². The number of anilines is 1. The van der Waals surface area contributed by atoms with Crippen molar-refractivity contribution >= 4 is 28.5 Å². The van der Waals surface area contributed by atoms with E-state index in [9.17, 15) is 10.1 Å². The van der Waals surface area contributed by atoms with Gasteiger partial charge in [0.2, 0.25) is 0 Å². The van der Waals surface area contributed by atoms with Crippen LogP contribution in [-0.4, -0.2) is 17.5 Å². The van der Waals surface area contributed by atoms with E-state index in [0.29, 0.717) is 23.1 Å². The minimum atomic E-state index is -0.507. The zero-order chi connectivity index (χ0) is 21.3. The summed E-state index contributed by atoms with van der Waals surface area (Å²) < 4.78 is 5.58. The van der Waals surface area contributed by atoms with Gasteiger partial charge in [-0.15, -0.1) is 11.3 Å². The van der Waals surface area contributed by atoms with Gasteiger partial charge in [0.15, 0.2) is 5.13 Å². The predicted octanol–water partition coefficient (Wildman–Crippen LogP) is 5.15. The van der Waals surface area contributed by atoms with E-state index in [1.54, 1.807) is 24.4 Å². The van der Waals surface area contributed by atoms with E-state index >= 15 is 0 Å². The molecule has 0 unspecified atom stereocenters. The molecule has 5 nitrogen and oxygen atoms in total. The minimum absolute atomic E-state index is 0.0278. The molecule has 0 spiro atoms. The highest BCUT2D eigenvalue weighted by Gasteiger charge is 2.13. The third kappa shape index (κ3) is 5.66. The molecule has 6 heteroatoms. The first-order valence-electron chi connectivity index (χ1n) is 9.35. The van der Waals surface area contributed by atoms with Crippen LogP contribution in [0.5, 0.6) is 5.75 Å². The molecule has 0 aliphatic rings. The summed E-state index contributed by atoms with van der Waals surface area (Å²) >= 11 is 1.39. The molecule has 3 aromatic rings. The van der Waals surface area contributed by atoms with Crippen molar-refractivity contribution in [3.8, 4) is 11.8 Å². The van der Waals surface area contributed by atoms with Crippen molar-refractivity contribution < 1.29 is 9.53 Å². The molecule has 0 fully saturated rings. The maximum absolute atomic E-state index is 12.6. The van der Waals surface area contributed by atoms with Crippen LogP contribution in [0.25, 0.3) is 6.08 Å². The molecule has 1 heterocycles. The Bertz CT molecular complexity index is 1110. The van der Waals surface area contributed by atoms with Gasteiger partial charge >= 0.3 is 0 Å². The Morgan fingerprint density at radius 3 is 2.77 bits per heavy atom. The zero-order valence-electron chi connectivity index (χ0n) is 16.6. The summed E-state index contributed by atoms with van der Waals surface area (Å²) in [6.45, 7) is 6.01. The number of para-hydroxylation sites is 1. The predicted molar refractivity (Wildman–Crippen MR) is 120 cm³/mol. The highest BCUT2D eigenvalue weighted by molar-refractivity contribution is 7.15. The van der Waals surface area contributed by atoms with E-state index < -0.39 is 5.91 Å². The molecule has 0 radical (unpaired) electrons. The van der Waals surface area contributed by atoms with Crippen LogP contribution in [0.15, 0.2) is 73.0 Å². The normalized spacial score (nSPS) is 10.9. The lowest BCUT2D eigenvalue weighted by atomic mass is 10.1. The van der Waals surface area contributed by atoms with Crippen molar-refractivity contribution in [3.05, 3.63) is 94.5 Å². The average molecular weight is 416 g/mol. The molecule has 0 saturated heterocycles. The SMILES string of the molecule is C=CCOc1ccccc1C=C(C#N)C(=O)Nc1ncc(Cc2ccc(C)cc2)s1. The zero-order valence-corrected chi connectivity index (χ0v) is 17.4. The van der Waals surface area contributed by atoms with Crippen molar-refractivity contribution in [2.75, 3.05) is 11.9 Å². The highest BCUT2D eigenvalue weighted by atomic mass is 32.1. The van der Waals surface area contributed by atoms with Crippen LogP contribution in [0.1, 0.15) is 21.6 Å². The number of benzene rings is 2. The number of amides is 1. The number of nitrogens with zero attached hydrogens (tertiary/aromatic N) is 2. The van der Waals surface area contributed by atoms with E-state index in [1.165, 1.54) is 28.5 Å². The fraction of sp³-hybridized carbons (Fsp3) is 0.125. The summed E-state index contributed by atoms with van der Waals surface area (Å²) in [4.78, 5) is 17.9. The lowest BCUT2D eigenvalue weighted by Crippen LogP contribution is -2.13. The van der Waals surface area contributed by atoms with E-state index in [1.807, 2.05) is 25.1 Å². The second kappa shape index (κ2) is 10.2. The quantitative estimate of drug-likeness (QED) is 0.313. The smallest absolute Gasteiger partial charge is 0.268 e. The van der Waals surface area contributed by atoms with E-state index in [-0.39, 0.29) is 5.57 Å². The van der Waals surface area contributed by atoms with Crippen LogP contribution < -0.4 is 10.1 Å². The van der Waals surface area contributed by atoms with Gasteiger partial charge in [-0.1, -0.05) is 60.7 Å². The number of nitriles is 1. The Balaban J connectivity index is 1.71. The second-order valence-electron chi connectivity index (χ2n) is 6.56. The molecular weight excluding hydrogens is 394 g/mol. The van der Waals surface area contributed by atoms with Gasteiger partial charge in [0, 0.05) is 23.1 Å². The number of rotatable bonds is 8. The van der Waals surface area contributed by atoms with Gasteiger partial charge in [-0.25, -0.2) is 4.98 Å². The van der Waals surface area contributed by atoms with Gasteiger partial charge in [0.1, 0.15) is 24.0 Å². The van der Waals surface area contributed by atoms with Crippen LogP contribution >= 0.6 is 11.3 Å². The molecule has 2 aromatic carbocycles. The number of hydrogen-bond acceptors (Lipinski definition) is 5. The molecule has 3 rings (SSSR count). The van der Waals surface area contributed by atoms with Crippen LogP contribution in [0, 0.1) is 18.3 Å². The van der Waals surface area contributed by atoms with Crippen molar-refractivity contribution in [2.24, 2.45) is 0 Å². The number of nitrogens with one attached hydrogen (secondary N) is 1. The fourth-order valence-electron chi connectivity index (χ4n) is 2.70. The number of thiazole rings is 1. The molecule has 0 atom stereocenters. The first-order chi connectivity index (χ1) is 14.6. The van der Waals surface area contributed by atoms with Crippen molar-refractivity contribution in [1.82, 2.24) is 4.98 Å². The number of aromatic nitrogens is 1. The highest BCUT2D eigenvalue weighted by Crippen LogP contribution is 2.24. The Hall–Kier alpha value is -3.69. The van der Waals surface area contributed by atoms with E-state index in [2.05, 4.69) is 41.1 Å². The molecule has 0 saturated carbocycles. The molecular formula is C24H21N3O2S. The van der Waals surface area contributed by atoms with Gasteiger partial charge in [-0.3, -0.25) is 10.1 Å². The maximum Gasteiger partial charge on any atom is 0.268 e. The first-order valence-corrected chi connectivity index (χ1v) is 10.2. The fourth-order valence-corrected chi connectivity index (χ4v) is 3.54. The molecule has 30 heavy (non-hydrogen) atoms. The number of aryl methyl sites for hydroxylation is 1. The molecule has 0 bridgehead atoms. The summed E-state index contributed by atoms with van der Waals surface area (Å²) in [5.41, 5.74) is 3.00. The third-order valence-electron chi connectivity index (χ3n) is 4.21. The van der Waals surface area contributed by atoms with Gasteiger partial charge in [0.25, 0.3) is 5.91 Å². The average Bonchev–Trinajstić information content (AvgIpc) is 3.19. The Labute approximate surface area is 180 Å². The summed E-state index contributed by atoms with van der Waals surface area (Å²) in [7, 11) is 0. The second-order valence-corrected chi connectivity index (χ2v) is 7.67. The van der Waals surface area contributed by atoms with Crippen molar-refractivity contribution in [2.45, 2.75) is 13.3 Å². The number of ether oxygens (including phenoxy) is 1. The minimum Gasteiger partial charge on any atom is -0.489 e. The number of carbonyl (C=O) groups is 1. The lowest BCUT2D eigenvalue weighted by Gasteiger charge is -2.07. The maximum atomic E-state index is 12.6. The Morgan fingerprint density at radius 1 is 1.27 bits per heavy atom. The Kier molecular flexibility index (Phi) is 7.14. The number of hydrogen-bond donors (Lipinski definition) is 1. The van der Waals surface area contributed by atoms with Gasteiger partial charge in [0.05, 0.1) is 0 Å². The molecule has 150 valence electrons. The molecule has 0 aliphatic heterocycles. The van der Waals surface area contributed by atoms with Gasteiger partial charge in [-0.2, -0.15) is 5.26 Å². The summed E-state index contributed by atoms with van der Waals surface area (Å²) in [6, 6.07) is 17.5. The summed E-state index contributed by atoms with van der Waals surface area (Å²) in [5.74, 6) is 0.0693. The molecule has 1 N–H and O–H groups in total. The molecule has 1 aromatic heterocycles. The summed E-state index contributed by atoms with van der Waals surface area (Å²) in [5, 5.41) is 12.6. The van der Waals surface area contributed by atoms with Crippen LogP contribution in [0.3, 0.4) is 0 Å². The van der Waals surface area contributed by atoms with Gasteiger partial charge < -0.3 is 4.74 Å². The topological polar surface area (TPSA) is 75.0 Å². The largest absolute Gasteiger partial charge is 0.489 e. The monoisotopic (exact) mass is 415 g/mol. The molecule has 0 aliphatic carbocycles. The first kappa shape index (κ1) is 21.0. The Morgan fingerprint density at radius 2 is 2.03 bits per heavy atom.